The van der Waals surface area contributed by atoms with Crippen molar-refractivity contribution in [3.8, 4) is 11.3 Å². The predicted molar refractivity (Wildman–Crippen MR) is 150 cm³/mol. The van der Waals surface area contributed by atoms with E-state index >= 15 is 0 Å². The first-order valence-corrected chi connectivity index (χ1v) is 14.0. The zero-order chi connectivity index (χ0) is 28.0. The summed E-state index contributed by atoms with van der Waals surface area (Å²) in [5, 5.41) is 11.8. The third-order valence-electron chi connectivity index (χ3n) is 8.36. The molecule has 6 rings (SSSR count). The van der Waals surface area contributed by atoms with Crippen LogP contribution in [0, 0.1) is 0 Å². The molecule has 40 heavy (non-hydrogen) atoms. The maximum atomic E-state index is 13.3. The molecule has 2 aliphatic heterocycles. The van der Waals surface area contributed by atoms with E-state index in [4.69, 9.17) is 27.1 Å². The number of imidazole rings is 1. The highest BCUT2D eigenvalue weighted by atomic mass is 35.5. The number of hydrogen-bond acceptors (Lipinski definition) is 6. The molecule has 0 unspecified atom stereocenters. The van der Waals surface area contributed by atoms with E-state index in [1.54, 1.807) is 31.3 Å². The van der Waals surface area contributed by atoms with Crippen LogP contribution in [-0.2, 0) is 10.3 Å². The molecule has 2 fully saturated rings. The van der Waals surface area contributed by atoms with Gasteiger partial charge in [-0.25, -0.2) is 18.7 Å². The van der Waals surface area contributed by atoms with Gasteiger partial charge in [0.05, 0.1) is 12.9 Å². The van der Waals surface area contributed by atoms with Gasteiger partial charge in [-0.2, -0.15) is 0 Å². The molecular weight excluding hydrogens is 536 g/mol. The van der Waals surface area contributed by atoms with E-state index in [-0.39, 0.29) is 11.5 Å². The molecule has 10 heteroatoms. The van der Waals surface area contributed by atoms with E-state index in [2.05, 4.69) is 9.88 Å². The second kappa shape index (κ2) is 10.7. The number of halogens is 3. The van der Waals surface area contributed by atoms with Gasteiger partial charge in [0.1, 0.15) is 33.6 Å². The summed E-state index contributed by atoms with van der Waals surface area (Å²) >= 11 is 6.69. The summed E-state index contributed by atoms with van der Waals surface area (Å²) < 4.78 is 34.3. The van der Waals surface area contributed by atoms with Crippen molar-refractivity contribution in [3.63, 3.8) is 0 Å². The Kier molecular flexibility index (Phi) is 7.25. The number of piperidine rings is 1. The zero-order valence-corrected chi connectivity index (χ0v) is 23.0. The lowest BCUT2D eigenvalue weighted by Crippen LogP contribution is -2.42. The molecule has 0 spiro atoms. The molecule has 2 aliphatic rings. The maximum absolute atomic E-state index is 13.3. The molecule has 4 heterocycles. The van der Waals surface area contributed by atoms with Crippen molar-refractivity contribution in [2.45, 2.75) is 56.6 Å². The van der Waals surface area contributed by atoms with Crippen LogP contribution in [0.3, 0.4) is 0 Å². The van der Waals surface area contributed by atoms with Crippen molar-refractivity contribution in [2.24, 2.45) is 0 Å². The minimum absolute atomic E-state index is 0.132. The van der Waals surface area contributed by atoms with Gasteiger partial charge in [-0.3, -0.25) is 9.30 Å². The van der Waals surface area contributed by atoms with Gasteiger partial charge in [0.2, 0.25) is 0 Å². The Morgan fingerprint density at radius 1 is 1.12 bits per heavy atom. The molecule has 2 aromatic heterocycles. The SMILES string of the molecule is C[C@](O)(c1ccc(-c2nc([C@@H]3CC[C@H]4CCCOCN4C3)n3c(Cl)cnc(N)c23)cc1)c1cccc(C(F)F)c1. The van der Waals surface area contributed by atoms with Gasteiger partial charge >= 0.3 is 0 Å². The van der Waals surface area contributed by atoms with E-state index in [1.165, 1.54) is 18.2 Å². The van der Waals surface area contributed by atoms with E-state index in [1.807, 2.05) is 16.5 Å². The standard InChI is InChI=1S/C30H32ClF2N5O2/c1-30(39,22-5-2-4-19(14-22)27(32)33)21-10-7-18(8-11-21)25-26-28(34)35-15-24(31)38(26)29(36-25)20-9-12-23-6-3-13-40-17-37(23)16-20/h2,4-5,7-8,10-11,14-15,20,23,27,39H,3,6,9,12-13,16-17H2,1H3,(H2,34,35)/t20-,23-,30+/m1/s1. The quantitative estimate of drug-likeness (QED) is 0.301. The second-order valence-electron chi connectivity index (χ2n) is 10.9. The molecular formula is C30H32ClF2N5O2. The molecule has 0 saturated carbocycles. The van der Waals surface area contributed by atoms with Crippen LogP contribution in [0.4, 0.5) is 14.6 Å². The average Bonchev–Trinajstić information content (AvgIpc) is 3.22. The lowest BCUT2D eigenvalue weighted by atomic mass is 9.87. The van der Waals surface area contributed by atoms with Crippen LogP contribution in [0.15, 0.2) is 54.7 Å². The number of nitrogens with two attached hydrogens (primary N) is 1. The highest BCUT2D eigenvalue weighted by Gasteiger charge is 2.34. The lowest BCUT2D eigenvalue weighted by molar-refractivity contribution is 0.00908. The third kappa shape index (κ3) is 4.85. The van der Waals surface area contributed by atoms with Crippen molar-refractivity contribution >= 4 is 22.9 Å². The number of ether oxygens (including phenoxy) is 1. The van der Waals surface area contributed by atoms with Crippen LogP contribution in [-0.4, -0.2) is 50.3 Å². The Labute approximate surface area is 236 Å². The highest BCUT2D eigenvalue weighted by Crippen LogP contribution is 2.39. The minimum atomic E-state index is -2.62. The molecule has 0 aliphatic carbocycles. The topological polar surface area (TPSA) is 88.9 Å². The Morgan fingerprint density at radius 3 is 2.70 bits per heavy atom. The molecule has 3 N–H and O–H groups in total. The van der Waals surface area contributed by atoms with Gasteiger partial charge in [0.25, 0.3) is 6.43 Å². The van der Waals surface area contributed by atoms with E-state index in [0.29, 0.717) is 46.1 Å². The fourth-order valence-electron chi connectivity index (χ4n) is 6.10. The van der Waals surface area contributed by atoms with Crippen LogP contribution in [0.1, 0.15) is 67.5 Å². The van der Waals surface area contributed by atoms with Crippen molar-refractivity contribution in [1.29, 1.82) is 0 Å². The van der Waals surface area contributed by atoms with Gasteiger partial charge in [0, 0.05) is 36.2 Å². The maximum Gasteiger partial charge on any atom is 0.263 e. The molecule has 3 atom stereocenters. The van der Waals surface area contributed by atoms with Gasteiger partial charge in [-0.05, 0) is 49.8 Å². The van der Waals surface area contributed by atoms with Gasteiger partial charge in [-0.15, -0.1) is 0 Å². The normalized spacial score (nSPS) is 21.8. The van der Waals surface area contributed by atoms with E-state index in [0.717, 1.165) is 50.2 Å². The fourth-order valence-corrected chi connectivity index (χ4v) is 6.32. The van der Waals surface area contributed by atoms with Crippen LogP contribution in [0.25, 0.3) is 16.8 Å². The number of aromatic nitrogens is 3. The smallest absolute Gasteiger partial charge is 0.263 e. The lowest BCUT2D eigenvalue weighted by Gasteiger charge is -2.37. The van der Waals surface area contributed by atoms with Gasteiger partial charge < -0.3 is 15.6 Å². The largest absolute Gasteiger partial charge is 0.382 e. The number of nitrogens with zero attached hydrogens (tertiary/aromatic N) is 4. The van der Waals surface area contributed by atoms with Gasteiger partial charge in [0.15, 0.2) is 0 Å². The van der Waals surface area contributed by atoms with E-state index in [9.17, 15) is 13.9 Å². The summed E-state index contributed by atoms with van der Waals surface area (Å²) in [6.07, 6.45) is 3.20. The number of benzene rings is 2. The first kappa shape index (κ1) is 27.1. The summed E-state index contributed by atoms with van der Waals surface area (Å²) in [5.41, 5.74) is 7.82. The highest BCUT2D eigenvalue weighted by molar-refractivity contribution is 6.30. The summed E-state index contributed by atoms with van der Waals surface area (Å²) in [7, 11) is 0. The Hall–Kier alpha value is -3.11. The third-order valence-corrected chi connectivity index (χ3v) is 8.63. The number of fused-ring (bicyclic) bond motifs is 2. The fraction of sp³-hybridized carbons (Fsp3) is 0.400. The number of rotatable bonds is 5. The number of anilines is 1. The van der Waals surface area contributed by atoms with Crippen LogP contribution in [0.5, 0.6) is 0 Å². The number of aliphatic hydroxyl groups is 1. The molecule has 0 amide bonds. The summed E-state index contributed by atoms with van der Waals surface area (Å²) in [6.45, 7) is 3.83. The molecule has 2 aromatic carbocycles. The van der Waals surface area contributed by atoms with Crippen molar-refractivity contribution in [3.05, 3.63) is 82.4 Å². The number of alkyl halides is 2. The molecule has 4 aromatic rings. The Morgan fingerprint density at radius 2 is 1.93 bits per heavy atom. The summed E-state index contributed by atoms with van der Waals surface area (Å²) in [5.74, 6) is 1.30. The first-order valence-electron chi connectivity index (χ1n) is 13.6. The van der Waals surface area contributed by atoms with E-state index < -0.39 is 12.0 Å². The molecule has 210 valence electrons. The Bertz CT molecular complexity index is 1520. The van der Waals surface area contributed by atoms with Crippen molar-refractivity contribution < 1.29 is 18.6 Å². The van der Waals surface area contributed by atoms with Crippen molar-refractivity contribution in [2.75, 3.05) is 25.6 Å². The Balaban J connectivity index is 1.37. The second-order valence-corrected chi connectivity index (χ2v) is 11.3. The van der Waals surface area contributed by atoms with Crippen molar-refractivity contribution in [1.82, 2.24) is 19.3 Å². The summed E-state index contributed by atoms with van der Waals surface area (Å²) in [4.78, 5) is 11.8. The molecule has 2 saturated heterocycles. The van der Waals surface area contributed by atoms with Crippen LogP contribution < -0.4 is 5.73 Å². The van der Waals surface area contributed by atoms with Crippen LogP contribution in [0.2, 0.25) is 5.15 Å². The average molecular weight is 568 g/mol. The molecule has 7 nitrogen and oxygen atoms in total. The molecule has 0 radical (unpaired) electrons. The van der Waals surface area contributed by atoms with Gasteiger partial charge in [-0.1, -0.05) is 54.1 Å². The predicted octanol–water partition coefficient (Wildman–Crippen LogP) is 6.14. The number of nitrogen functional groups attached to an aromatic ring is 1. The van der Waals surface area contributed by atoms with Crippen LogP contribution >= 0.6 is 11.6 Å². The molecule has 0 bridgehead atoms. The monoisotopic (exact) mass is 567 g/mol. The first-order chi connectivity index (χ1) is 19.2. The number of hydrogen-bond donors (Lipinski definition) is 2. The summed E-state index contributed by atoms with van der Waals surface area (Å²) in [6, 6.07) is 13.7. The minimum Gasteiger partial charge on any atom is -0.382 e. The zero-order valence-electron chi connectivity index (χ0n) is 22.2.